The van der Waals surface area contributed by atoms with Gasteiger partial charge in [0.15, 0.2) is 5.78 Å². The van der Waals surface area contributed by atoms with Crippen molar-refractivity contribution in [1.82, 2.24) is 14.5 Å². The average Bonchev–Trinajstić information content (AvgIpc) is 2.96. The average molecular weight is 349 g/mol. The molecule has 3 aromatic rings. The van der Waals surface area contributed by atoms with Crippen LogP contribution in [0.1, 0.15) is 28.9 Å². The number of ketones is 1. The van der Waals surface area contributed by atoms with Crippen LogP contribution in [-0.2, 0) is 0 Å². The molecule has 1 aromatic carbocycles. The lowest BCUT2D eigenvalue weighted by atomic mass is 10.1. The van der Waals surface area contributed by atoms with E-state index in [0.717, 1.165) is 48.3 Å². The summed E-state index contributed by atoms with van der Waals surface area (Å²) in [5.41, 5.74) is 4.37. The number of para-hydroxylation sites is 1. The number of fused-ring (bicyclic) bond motifs is 1. The number of rotatable bonds is 4. The molecule has 0 atom stereocenters. The SMILES string of the molecule is Cc1c(C(=O)CN2CCC(O)CC2)c2ncccc2n1-c1ccccc1. The highest BCUT2D eigenvalue weighted by atomic mass is 16.3. The van der Waals surface area contributed by atoms with Crippen molar-refractivity contribution in [2.24, 2.45) is 0 Å². The van der Waals surface area contributed by atoms with E-state index in [0.29, 0.717) is 12.1 Å². The summed E-state index contributed by atoms with van der Waals surface area (Å²) in [6, 6.07) is 14.0. The summed E-state index contributed by atoms with van der Waals surface area (Å²) >= 11 is 0. The van der Waals surface area contributed by atoms with Gasteiger partial charge in [0.1, 0.15) is 0 Å². The molecule has 0 saturated carbocycles. The molecule has 2 aromatic heterocycles. The fourth-order valence-electron chi connectivity index (χ4n) is 3.84. The monoisotopic (exact) mass is 349 g/mol. The van der Waals surface area contributed by atoms with Crippen molar-refractivity contribution >= 4 is 16.8 Å². The molecule has 0 bridgehead atoms. The molecule has 0 radical (unpaired) electrons. The van der Waals surface area contributed by atoms with Crippen molar-refractivity contribution in [2.45, 2.75) is 25.9 Å². The minimum Gasteiger partial charge on any atom is -0.393 e. The Morgan fingerprint density at radius 3 is 2.62 bits per heavy atom. The first-order chi connectivity index (χ1) is 12.6. The van der Waals surface area contributed by atoms with Gasteiger partial charge in [0.25, 0.3) is 0 Å². The van der Waals surface area contributed by atoms with E-state index in [4.69, 9.17) is 0 Å². The van der Waals surface area contributed by atoms with Gasteiger partial charge in [-0.3, -0.25) is 14.7 Å². The van der Waals surface area contributed by atoms with E-state index in [2.05, 4.69) is 14.5 Å². The number of hydrogen-bond donors (Lipinski definition) is 1. The number of aliphatic hydroxyl groups is 1. The maximum absolute atomic E-state index is 13.1. The Labute approximate surface area is 152 Å². The highest BCUT2D eigenvalue weighted by molar-refractivity contribution is 6.09. The summed E-state index contributed by atoms with van der Waals surface area (Å²) in [6.07, 6.45) is 2.97. The highest BCUT2D eigenvalue weighted by Crippen LogP contribution is 2.28. The van der Waals surface area contributed by atoms with Gasteiger partial charge in [-0.25, -0.2) is 0 Å². The lowest BCUT2D eigenvalue weighted by Gasteiger charge is -2.28. The van der Waals surface area contributed by atoms with E-state index >= 15 is 0 Å². The molecule has 1 saturated heterocycles. The summed E-state index contributed by atoms with van der Waals surface area (Å²) in [7, 11) is 0. The molecule has 5 nitrogen and oxygen atoms in total. The van der Waals surface area contributed by atoms with Crippen LogP contribution in [0.3, 0.4) is 0 Å². The van der Waals surface area contributed by atoms with Crippen molar-refractivity contribution < 1.29 is 9.90 Å². The molecular weight excluding hydrogens is 326 g/mol. The lowest BCUT2D eigenvalue weighted by molar-refractivity contribution is 0.0711. The summed E-state index contributed by atoms with van der Waals surface area (Å²) in [6.45, 7) is 3.88. The van der Waals surface area contributed by atoms with Crippen LogP contribution in [0.4, 0.5) is 0 Å². The Hall–Kier alpha value is -2.50. The van der Waals surface area contributed by atoms with Crippen LogP contribution in [0.2, 0.25) is 0 Å². The highest BCUT2D eigenvalue weighted by Gasteiger charge is 2.25. The van der Waals surface area contributed by atoms with Gasteiger partial charge in [0.05, 0.1) is 29.2 Å². The van der Waals surface area contributed by atoms with E-state index in [1.54, 1.807) is 6.20 Å². The number of aromatic nitrogens is 2. The molecule has 26 heavy (non-hydrogen) atoms. The van der Waals surface area contributed by atoms with Crippen LogP contribution >= 0.6 is 0 Å². The molecular formula is C21H23N3O2. The van der Waals surface area contributed by atoms with Gasteiger partial charge in [-0.2, -0.15) is 0 Å². The number of nitrogens with zero attached hydrogens (tertiary/aromatic N) is 3. The van der Waals surface area contributed by atoms with E-state index in [1.165, 1.54) is 0 Å². The molecule has 0 aliphatic carbocycles. The molecule has 1 aliphatic heterocycles. The molecule has 3 heterocycles. The van der Waals surface area contributed by atoms with Gasteiger partial charge in [-0.15, -0.1) is 0 Å². The number of hydrogen-bond acceptors (Lipinski definition) is 4. The van der Waals surface area contributed by atoms with Crippen LogP contribution in [0.25, 0.3) is 16.7 Å². The van der Waals surface area contributed by atoms with E-state index < -0.39 is 0 Å². The van der Waals surface area contributed by atoms with E-state index in [9.17, 15) is 9.90 Å². The lowest BCUT2D eigenvalue weighted by Crippen LogP contribution is -2.39. The molecule has 0 unspecified atom stereocenters. The normalized spacial score (nSPS) is 16.2. The third-order valence-corrected chi connectivity index (χ3v) is 5.18. The van der Waals surface area contributed by atoms with Crippen LogP contribution in [0.5, 0.6) is 0 Å². The third-order valence-electron chi connectivity index (χ3n) is 5.18. The Morgan fingerprint density at radius 2 is 1.88 bits per heavy atom. The number of pyridine rings is 1. The Kier molecular flexibility index (Phi) is 4.57. The zero-order chi connectivity index (χ0) is 18.1. The summed E-state index contributed by atoms with van der Waals surface area (Å²) < 4.78 is 2.11. The van der Waals surface area contributed by atoms with Crippen LogP contribution in [0.15, 0.2) is 48.7 Å². The zero-order valence-corrected chi connectivity index (χ0v) is 14.9. The Morgan fingerprint density at radius 1 is 1.15 bits per heavy atom. The van der Waals surface area contributed by atoms with Gasteiger partial charge in [0, 0.05) is 30.7 Å². The maximum Gasteiger partial charge on any atom is 0.180 e. The number of benzene rings is 1. The molecule has 134 valence electrons. The first-order valence-corrected chi connectivity index (χ1v) is 9.10. The van der Waals surface area contributed by atoms with Gasteiger partial charge >= 0.3 is 0 Å². The first-order valence-electron chi connectivity index (χ1n) is 9.10. The molecule has 1 aliphatic rings. The van der Waals surface area contributed by atoms with Crippen molar-refractivity contribution in [2.75, 3.05) is 19.6 Å². The van der Waals surface area contributed by atoms with Crippen molar-refractivity contribution in [3.05, 3.63) is 59.9 Å². The van der Waals surface area contributed by atoms with Gasteiger partial charge < -0.3 is 9.67 Å². The number of Topliss-reactive ketones (excluding diaryl/α,β-unsaturated/α-hetero) is 1. The molecule has 1 N–H and O–H groups in total. The fourth-order valence-corrected chi connectivity index (χ4v) is 3.84. The summed E-state index contributed by atoms with van der Waals surface area (Å²) in [4.78, 5) is 19.8. The molecule has 5 heteroatoms. The predicted molar refractivity (Wildman–Crippen MR) is 102 cm³/mol. The van der Waals surface area contributed by atoms with Gasteiger partial charge in [-0.05, 0) is 44.0 Å². The number of carbonyl (C=O) groups is 1. The van der Waals surface area contributed by atoms with E-state index in [1.807, 2.05) is 49.4 Å². The maximum atomic E-state index is 13.1. The number of likely N-dealkylation sites (tertiary alicyclic amines) is 1. The van der Waals surface area contributed by atoms with Crippen molar-refractivity contribution in [3.63, 3.8) is 0 Å². The molecule has 4 rings (SSSR count). The third kappa shape index (κ3) is 3.04. The smallest absolute Gasteiger partial charge is 0.180 e. The van der Waals surface area contributed by atoms with Gasteiger partial charge in [0.2, 0.25) is 0 Å². The molecule has 1 fully saturated rings. The number of aliphatic hydroxyl groups excluding tert-OH is 1. The quantitative estimate of drug-likeness (QED) is 0.736. The van der Waals surface area contributed by atoms with Crippen molar-refractivity contribution in [1.29, 1.82) is 0 Å². The largest absolute Gasteiger partial charge is 0.393 e. The molecule has 0 amide bonds. The fraction of sp³-hybridized carbons (Fsp3) is 0.333. The molecule has 0 spiro atoms. The number of piperidine rings is 1. The second kappa shape index (κ2) is 7.02. The second-order valence-electron chi connectivity index (χ2n) is 6.93. The summed E-state index contributed by atoms with van der Waals surface area (Å²) in [5, 5.41) is 9.67. The first kappa shape index (κ1) is 16.9. The summed E-state index contributed by atoms with van der Waals surface area (Å²) in [5.74, 6) is 0.0947. The van der Waals surface area contributed by atoms with Gasteiger partial charge in [-0.1, -0.05) is 18.2 Å². The topological polar surface area (TPSA) is 58.4 Å². The zero-order valence-electron chi connectivity index (χ0n) is 14.9. The minimum atomic E-state index is -0.232. The second-order valence-corrected chi connectivity index (χ2v) is 6.93. The number of carbonyl (C=O) groups excluding carboxylic acids is 1. The van der Waals surface area contributed by atoms with Crippen LogP contribution in [-0.4, -0.2) is 51.1 Å². The predicted octanol–water partition coefficient (Wildman–Crippen LogP) is 2.97. The Bertz CT molecular complexity index is 925. The van der Waals surface area contributed by atoms with Crippen molar-refractivity contribution in [3.8, 4) is 5.69 Å². The van der Waals surface area contributed by atoms with Crippen LogP contribution in [0, 0.1) is 6.92 Å². The standard InChI is InChI=1S/C21H23N3O2/c1-15-20(19(26)14-23-12-9-17(25)10-13-23)21-18(8-5-11-22-21)24(15)16-6-3-2-4-7-16/h2-8,11,17,25H,9-10,12-14H2,1H3. The Balaban J connectivity index is 1.73. The van der Waals surface area contributed by atoms with Crippen LogP contribution < -0.4 is 0 Å². The van der Waals surface area contributed by atoms with E-state index in [-0.39, 0.29) is 11.9 Å². The minimum absolute atomic E-state index is 0.0947.